The summed E-state index contributed by atoms with van der Waals surface area (Å²) in [5.41, 5.74) is 0.544. The zero-order valence-corrected chi connectivity index (χ0v) is 19.2. The molecule has 0 saturated carbocycles. The van der Waals surface area contributed by atoms with Gasteiger partial charge in [0.1, 0.15) is 10.6 Å². The third-order valence-electron chi connectivity index (χ3n) is 5.36. The number of aromatic carboxylic acids is 1. The van der Waals surface area contributed by atoms with Crippen molar-refractivity contribution in [3.05, 3.63) is 97.0 Å². The number of nitrogens with zero attached hydrogens (tertiary/aromatic N) is 2. The fraction of sp³-hybridized carbons (Fsp3) is 0.167. The van der Waals surface area contributed by atoms with Gasteiger partial charge in [-0.1, -0.05) is 24.3 Å². The molecule has 0 aliphatic heterocycles. The number of ether oxygens (including phenoxy) is 1. The number of hydrogen-bond donors (Lipinski definition) is 2. The number of methoxy groups -OCH3 is 1. The van der Waals surface area contributed by atoms with Gasteiger partial charge in [-0.2, -0.15) is 0 Å². The lowest BCUT2D eigenvalue weighted by Gasteiger charge is -2.08. The molecule has 0 aliphatic carbocycles. The predicted octanol–water partition coefficient (Wildman–Crippen LogP) is 2.45. The van der Waals surface area contributed by atoms with E-state index in [2.05, 4.69) is 5.32 Å². The molecule has 0 aliphatic rings. The normalized spacial score (nSPS) is 10.9. The van der Waals surface area contributed by atoms with E-state index < -0.39 is 17.2 Å². The minimum Gasteiger partial charge on any atom is -0.497 e. The number of fused-ring (bicyclic) bond motifs is 1. The van der Waals surface area contributed by atoms with Gasteiger partial charge in [-0.05, 0) is 41.5 Å². The van der Waals surface area contributed by atoms with Crippen LogP contribution in [0.4, 0.5) is 0 Å². The van der Waals surface area contributed by atoms with Crippen LogP contribution in [0, 0.1) is 0 Å². The van der Waals surface area contributed by atoms with Gasteiger partial charge in [0.25, 0.3) is 11.5 Å². The average molecular weight is 480 g/mol. The lowest BCUT2D eigenvalue weighted by atomic mass is 10.1. The lowest BCUT2D eigenvalue weighted by Crippen LogP contribution is -2.38. The number of benzene rings is 2. The third-order valence-corrected chi connectivity index (χ3v) is 6.57. The molecular formula is C24H21N3O6S. The fourth-order valence-electron chi connectivity index (χ4n) is 3.52. The Balaban J connectivity index is 1.61. The molecule has 0 fully saturated rings. The standard InChI is InChI=1S/C24H21N3O6S/c1-26-22-18(11-19(34-22)20(28)25-12-15-4-3-5-17(10-15)33-2)21(29)27(24(26)32)13-14-6-8-16(9-7-14)23(30)31/h3-11H,12-13H2,1-2H3,(H,25,28)(H,30,31). The van der Waals surface area contributed by atoms with Crippen LogP contribution in [0.15, 0.2) is 64.2 Å². The van der Waals surface area contributed by atoms with Gasteiger partial charge in [-0.15, -0.1) is 11.3 Å². The summed E-state index contributed by atoms with van der Waals surface area (Å²) >= 11 is 1.07. The summed E-state index contributed by atoms with van der Waals surface area (Å²) in [4.78, 5) is 50.4. The van der Waals surface area contributed by atoms with E-state index in [0.717, 1.165) is 21.5 Å². The molecule has 0 atom stereocenters. The Morgan fingerprint density at radius 3 is 2.47 bits per heavy atom. The zero-order chi connectivity index (χ0) is 24.4. The van der Waals surface area contributed by atoms with Gasteiger partial charge in [0, 0.05) is 13.6 Å². The van der Waals surface area contributed by atoms with Crippen molar-refractivity contribution in [2.45, 2.75) is 13.1 Å². The molecular weight excluding hydrogens is 458 g/mol. The maximum absolute atomic E-state index is 13.1. The van der Waals surface area contributed by atoms with E-state index in [-0.39, 0.29) is 29.9 Å². The van der Waals surface area contributed by atoms with Gasteiger partial charge in [0.15, 0.2) is 0 Å². The van der Waals surface area contributed by atoms with Gasteiger partial charge in [-0.3, -0.25) is 18.7 Å². The molecule has 174 valence electrons. The van der Waals surface area contributed by atoms with E-state index in [1.807, 2.05) is 24.3 Å². The van der Waals surface area contributed by atoms with Crippen LogP contribution in [0.1, 0.15) is 31.2 Å². The summed E-state index contributed by atoms with van der Waals surface area (Å²) in [6, 6.07) is 14.8. The van der Waals surface area contributed by atoms with E-state index in [0.29, 0.717) is 21.0 Å². The Morgan fingerprint density at radius 1 is 1.06 bits per heavy atom. The molecule has 10 heteroatoms. The Kier molecular flexibility index (Phi) is 6.33. The third kappa shape index (κ3) is 4.48. The molecule has 0 bridgehead atoms. The SMILES string of the molecule is COc1cccc(CNC(=O)c2cc3c(=O)n(Cc4ccc(C(=O)O)cc4)c(=O)n(C)c3s2)c1. The molecule has 2 N–H and O–H groups in total. The number of thiophene rings is 1. The van der Waals surface area contributed by atoms with E-state index in [1.54, 1.807) is 26.3 Å². The first-order valence-corrected chi connectivity index (χ1v) is 11.1. The minimum atomic E-state index is -1.06. The number of carbonyl (C=O) groups excluding carboxylic acids is 1. The van der Waals surface area contributed by atoms with Gasteiger partial charge >= 0.3 is 11.7 Å². The molecule has 9 nitrogen and oxygen atoms in total. The number of aryl methyl sites for hydroxylation is 1. The lowest BCUT2D eigenvalue weighted by molar-refractivity contribution is 0.0696. The molecule has 4 rings (SSSR count). The Bertz CT molecular complexity index is 1510. The molecule has 0 unspecified atom stereocenters. The van der Waals surface area contributed by atoms with E-state index in [4.69, 9.17) is 9.84 Å². The van der Waals surface area contributed by atoms with E-state index in [9.17, 15) is 19.2 Å². The van der Waals surface area contributed by atoms with Crippen LogP contribution >= 0.6 is 11.3 Å². The summed E-state index contributed by atoms with van der Waals surface area (Å²) in [6.07, 6.45) is 0. The minimum absolute atomic E-state index is 0.0193. The number of carbonyl (C=O) groups is 2. The molecule has 2 aromatic carbocycles. The molecule has 0 radical (unpaired) electrons. The van der Waals surface area contributed by atoms with E-state index in [1.165, 1.54) is 22.8 Å². The first kappa shape index (κ1) is 23.0. The maximum atomic E-state index is 13.1. The summed E-state index contributed by atoms with van der Waals surface area (Å²) in [5, 5.41) is 12.1. The van der Waals surface area contributed by atoms with Crippen LogP contribution in [0.5, 0.6) is 5.75 Å². The summed E-state index contributed by atoms with van der Waals surface area (Å²) < 4.78 is 7.60. The highest BCUT2D eigenvalue weighted by molar-refractivity contribution is 7.20. The monoisotopic (exact) mass is 479 g/mol. The quantitative estimate of drug-likeness (QED) is 0.420. The van der Waals surface area contributed by atoms with Crippen molar-refractivity contribution in [3.63, 3.8) is 0 Å². The molecule has 4 aromatic rings. The largest absolute Gasteiger partial charge is 0.497 e. The molecule has 34 heavy (non-hydrogen) atoms. The number of amides is 1. The van der Waals surface area contributed by atoms with Gasteiger partial charge < -0.3 is 15.2 Å². The van der Waals surface area contributed by atoms with Crippen LogP contribution in [0.2, 0.25) is 0 Å². The molecule has 0 spiro atoms. The van der Waals surface area contributed by atoms with Crippen molar-refractivity contribution < 1.29 is 19.4 Å². The summed E-state index contributed by atoms with van der Waals surface area (Å²) in [5.74, 6) is -0.732. The second-order valence-electron chi connectivity index (χ2n) is 7.60. The molecule has 1 amide bonds. The summed E-state index contributed by atoms with van der Waals surface area (Å²) in [7, 11) is 3.11. The van der Waals surface area contributed by atoms with Crippen LogP contribution < -0.4 is 21.3 Å². The van der Waals surface area contributed by atoms with Crippen LogP contribution in [-0.4, -0.2) is 33.2 Å². The first-order chi connectivity index (χ1) is 16.3. The van der Waals surface area contributed by atoms with Crippen LogP contribution in [-0.2, 0) is 20.1 Å². The van der Waals surface area contributed by atoms with Crippen molar-refractivity contribution in [1.82, 2.24) is 14.5 Å². The number of carboxylic acid groups (broad SMARTS) is 1. The van der Waals surface area contributed by atoms with Crippen molar-refractivity contribution in [1.29, 1.82) is 0 Å². The van der Waals surface area contributed by atoms with Gasteiger partial charge in [-0.25, -0.2) is 9.59 Å². The first-order valence-electron chi connectivity index (χ1n) is 10.2. The highest BCUT2D eigenvalue weighted by Gasteiger charge is 2.18. The number of carboxylic acids is 1. The Hall–Kier alpha value is -4.18. The molecule has 2 aromatic heterocycles. The maximum Gasteiger partial charge on any atom is 0.335 e. The van der Waals surface area contributed by atoms with E-state index >= 15 is 0 Å². The highest BCUT2D eigenvalue weighted by Crippen LogP contribution is 2.22. The number of rotatable bonds is 7. The van der Waals surface area contributed by atoms with Crippen LogP contribution in [0.25, 0.3) is 10.2 Å². The zero-order valence-electron chi connectivity index (χ0n) is 18.4. The van der Waals surface area contributed by atoms with Gasteiger partial charge in [0.05, 0.1) is 29.5 Å². The fourth-order valence-corrected chi connectivity index (χ4v) is 4.54. The smallest absolute Gasteiger partial charge is 0.335 e. The second-order valence-corrected chi connectivity index (χ2v) is 8.63. The van der Waals surface area contributed by atoms with Crippen molar-refractivity contribution >= 4 is 33.4 Å². The number of hydrogen-bond acceptors (Lipinski definition) is 6. The average Bonchev–Trinajstić information content (AvgIpc) is 3.30. The highest BCUT2D eigenvalue weighted by atomic mass is 32.1. The Morgan fingerprint density at radius 2 is 1.79 bits per heavy atom. The van der Waals surface area contributed by atoms with Crippen molar-refractivity contribution in [2.75, 3.05) is 7.11 Å². The van der Waals surface area contributed by atoms with Crippen molar-refractivity contribution in [2.24, 2.45) is 7.05 Å². The molecule has 0 saturated heterocycles. The topological polar surface area (TPSA) is 120 Å². The summed E-state index contributed by atoms with van der Waals surface area (Å²) in [6.45, 7) is 0.258. The predicted molar refractivity (Wildman–Crippen MR) is 128 cm³/mol. The van der Waals surface area contributed by atoms with Crippen molar-refractivity contribution in [3.8, 4) is 5.75 Å². The molecule has 2 heterocycles. The van der Waals surface area contributed by atoms with Crippen LogP contribution in [0.3, 0.4) is 0 Å². The number of aromatic nitrogens is 2. The number of nitrogens with one attached hydrogen (secondary N) is 1. The Labute approximate surface area is 197 Å². The second kappa shape index (κ2) is 9.36. The van der Waals surface area contributed by atoms with Gasteiger partial charge in [0.2, 0.25) is 0 Å².